The molecule has 3 fully saturated rings. The fraction of sp³-hybridized carbons (Fsp3) is 0.565. The van der Waals surface area contributed by atoms with Crippen molar-refractivity contribution in [2.75, 3.05) is 19.6 Å². The van der Waals surface area contributed by atoms with E-state index in [2.05, 4.69) is 15.8 Å². The van der Waals surface area contributed by atoms with Crippen LogP contribution in [0.25, 0.3) is 4.85 Å². The van der Waals surface area contributed by atoms with Gasteiger partial charge in [-0.25, -0.2) is 4.85 Å². The van der Waals surface area contributed by atoms with Gasteiger partial charge in [0.25, 0.3) is 0 Å². The van der Waals surface area contributed by atoms with Gasteiger partial charge in [0.15, 0.2) is 5.69 Å². The Balaban J connectivity index is 1.25. The maximum absolute atomic E-state index is 13.3. The molecule has 3 heterocycles. The normalized spacial score (nSPS) is 30.4. The SMILES string of the molecule is [C-]#[N+]c1ccc2c(c1)CC[C@@H]2N1C(=O)[C@@H]2C[C@H]1CN2C[C@H](N)C(=O)N1CCC[C@H]1C#N. The standard InChI is InChI=1S/C23H26N6O2/c1-26-15-5-6-18-14(9-15)4-7-20(18)29-17-10-21(23(29)31)27(12-17)13-19(25)22(30)28-8-2-3-16(28)11-24/h5-6,9,16-17,19-21H,2-4,7-8,10,12-13,25H2/t16-,17-,19-,20-,21-/m0/s1. The Bertz CT molecular complexity index is 1010. The quantitative estimate of drug-likeness (QED) is 0.745. The first-order valence-electron chi connectivity index (χ1n) is 11.0. The number of piperazine rings is 1. The number of rotatable bonds is 4. The number of nitrogens with two attached hydrogens (primary N) is 1. The van der Waals surface area contributed by atoms with Gasteiger partial charge in [0.05, 0.1) is 30.8 Å². The van der Waals surface area contributed by atoms with Crippen molar-refractivity contribution in [2.24, 2.45) is 5.73 Å². The van der Waals surface area contributed by atoms with Crippen LogP contribution in [0.1, 0.15) is 42.9 Å². The van der Waals surface area contributed by atoms with Gasteiger partial charge < -0.3 is 15.5 Å². The van der Waals surface area contributed by atoms with Gasteiger partial charge in [-0.15, -0.1) is 0 Å². The number of amides is 2. The smallest absolute Gasteiger partial charge is 0.241 e. The van der Waals surface area contributed by atoms with Crippen molar-refractivity contribution >= 4 is 17.5 Å². The van der Waals surface area contributed by atoms with Crippen molar-refractivity contribution in [1.29, 1.82) is 5.26 Å². The molecule has 1 aromatic carbocycles. The minimum atomic E-state index is -0.714. The number of carbonyl (C=O) groups excluding carboxylic acids is 2. The second-order valence-corrected chi connectivity index (χ2v) is 9.08. The average molecular weight is 419 g/mol. The van der Waals surface area contributed by atoms with Gasteiger partial charge in [-0.1, -0.05) is 23.8 Å². The first kappa shape index (κ1) is 20.0. The highest BCUT2D eigenvalue weighted by Crippen LogP contribution is 2.44. The molecule has 3 aliphatic heterocycles. The van der Waals surface area contributed by atoms with E-state index in [0.29, 0.717) is 25.2 Å². The predicted molar refractivity (Wildman–Crippen MR) is 113 cm³/mol. The largest absolute Gasteiger partial charge is 0.330 e. The summed E-state index contributed by atoms with van der Waals surface area (Å²) >= 11 is 0. The molecule has 2 amide bonds. The number of carbonyl (C=O) groups is 2. The lowest BCUT2D eigenvalue weighted by atomic mass is 10.0. The molecular weight excluding hydrogens is 392 g/mol. The number of hydrogen-bond donors (Lipinski definition) is 1. The van der Waals surface area contributed by atoms with E-state index >= 15 is 0 Å². The van der Waals surface area contributed by atoms with E-state index in [9.17, 15) is 14.9 Å². The van der Waals surface area contributed by atoms with Crippen molar-refractivity contribution in [2.45, 2.75) is 62.3 Å². The van der Waals surface area contributed by atoms with Crippen LogP contribution in [0.3, 0.4) is 0 Å². The van der Waals surface area contributed by atoms with Crippen molar-refractivity contribution in [3.05, 3.63) is 40.7 Å². The number of nitrogens with zero attached hydrogens (tertiary/aromatic N) is 5. The van der Waals surface area contributed by atoms with Gasteiger partial charge in [-0.05, 0) is 37.7 Å². The molecule has 0 spiro atoms. The topological polar surface area (TPSA) is 98.0 Å². The van der Waals surface area contributed by atoms with Gasteiger partial charge >= 0.3 is 0 Å². The van der Waals surface area contributed by atoms with Crippen LogP contribution < -0.4 is 5.73 Å². The number of benzene rings is 1. The van der Waals surface area contributed by atoms with Gasteiger partial charge in [0.2, 0.25) is 11.8 Å². The molecule has 2 bridgehead atoms. The van der Waals surface area contributed by atoms with E-state index in [-0.39, 0.29) is 36.0 Å². The van der Waals surface area contributed by atoms with E-state index in [1.165, 1.54) is 11.1 Å². The second kappa shape index (κ2) is 7.64. The molecule has 160 valence electrons. The van der Waals surface area contributed by atoms with Crippen LogP contribution in [0.15, 0.2) is 18.2 Å². The summed E-state index contributed by atoms with van der Waals surface area (Å²) in [5.74, 6) is -0.0597. The summed E-state index contributed by atoms with van der Waals surface area (Å²) in [7, 11) is 0. The molecule has 4 aliphatic rings. The summed E-state index contributed by atoms with van der Waals surface area (Å²) in [6, 6.07) is 6.89. The first-order chi connectivity index (χ1) is 15.0. The molecule has 0 radical (unpaired) electrons. The molecule has 8 nitrogen and oxygen atoms in total. The summed E-state index contributed by atoms with van der Waals surface area (Å²) in [4.78, 5) is 35.2. The Hall–Kier alpha value is -2.94. The van der Waals surface area contributed by atoms with Crippen molar-refractivity contribution in [1.82, 2.24) is 14.7 Å². The van der Waals surface area contributed by atoms with Crippen LogP contribution in [-0.4, -0.2) is 70.3 Å². The molecule has 31 heavy (non-hydrogen) atoms. The van der Waals surface area contributed by atoms with Gasteiger partial charge in [-0.2, -0.15) is 5.26 Å². The molecule has 5 atom stereocenters. The van der Waals surface area contributed by atoms with Crippen LogP contribution in [0, 0.1) is 17.9 Å². The highest BCUT2D eigenvalue weighted by molar-refractivity contribution is 5.87. The van der Waals surface area contributed by atoms with E-state index in [1.54, 1.807) is 4.90 Å². The fourth-order valence-electron chi connectivity index (χ4n) is 5.95. The van der Waals surface area contributed by atoms with Gasteiger partial charge in [0.1, 0.15) is 6.04 Å². The molecule has 8 heteroatoms. The molecular formula is C23H26N6O2. The number of aryl methyl sites for hydroxylation is 1. The van der Waals surface area contributed by atoms with Crippen LogP contribution >= 0.6 is 0 Å². The van der Waals surface area contributed by atoms with Crippen LogP contribution in [-0.2, 0) is 16.0 Å². The Morgan fingerprint density at radius 1 is 1.35 bits per heavy atom. The lowest BCUT2D eigenvalue weighted by Crippen LogP contribution is -2.56. The van der Waals surface area contributed by atoms with Gasteiger partial charge in [-0.3, -0.25) is 14.5 Å². The predicted octanol–water partition coefficient (Wildman–Crippen LogP) is 1.35. The maximum Gasteiger partial charge on any atom is 0.241 e. The van der Waals surface area contributed by atoms with Crippen molar-refractivity contribution < 1.29 is 9.59 Å². The zero-order valence-electron chi connectivity index (χ0n) is 17.4. The molecule has 1 aliphatic carbocycles. The third-order valence-electron chi connectivity index (χ3n) is 7.39. The third kappa shape index (κ3) is 3.18. The average Bonchev–Trinajstić information content (AvgIpc) is 3.55. The van der Waals surface area contributed by atoms with Gasteiger partial charge in [0, 0.05) is 25.7 Å². The number of likely N-dealkylation sites (tertiary alicyclic amines) is 3. The lowest BCUT2D eigenvalue weighted by Gasteiger charge is -2.38. The van der Waals surface area contributed by atoms with E-state index < -0.39 is 6.04 Å². The molecule has 0 saturated carbocycles. The number of hydrogen-bond acceptors (Lipinski definition) is 5. The number of fused-ring (bicyclic) bond motifs is 3. The summed E-state index contributed by atoms with van der Waals surface area (Å²) < 4.78 is 0. The van der Waals surface area contributed by atoms with Crippen molar-refractivity contribution in [3.63, 3.8) is 0 Å². The first-order valence-corrected chi connectivity index (χ1v) is 11.0. The summed E-state index contributed by atoms with van der Waals surface area (Å²) in [5.41, 5.74) is 9.22. The minimum Gasteiger partial charge on any atom is -0.330 e. The van der Waals surface area contributed by atoms with Crippen LogP contribution in [0.2, 0.25) is 0 Å². The lowest BCUT2D eigenvalue weighted by molar-refractivity contribution is -0.141. The molecule has 5 rings (SSSR count). The monoisotopic (exact) mass is 418 g/mol. The highest BCUT2D eigenvalue weighted by Gasteiger charge is 2.53. The Morgan fingerprint density at radius 2 is 2.19 bits per heavy atom. The summed E-state index contributed by atoms with van der Waals surface area (Å²) in [6.07, 6.45) is 4.10. The molecule has 0 unspecified atom stereocenters. The van der Waals surface area contributed by atoms with Crippen LogP contribution in [0.5, 0.6) is 0 Å². The molecule has 3 saturated heterocycles. The van der Waals surface area contributed by atoms with E-state index in [4.69, 9.17) is 12.3 Å². The molecule has 2 N–H and O–H groups in total. The highest BCUT2D eigenvalue weighted by atomic mass is 16.2. The Kier molecular flexibility index (Phi) is 4.92. The van der Waals surface area contributed by atoms with E-state index in [1.807, 2.05) is 23.1 Å². The van der Waals surface area contributed by atoms with Crippen molar-refractivity contribution in [3.8, 4) is 6.07 Å². The van der Waals surface area contributed by atoms with E-state index in [0.717, 1.165) is 32.2 Å². The molecule has 1 aromatic rings. The maximum atomic E-state index is 13.3. The Morgan fingerprint density at radius 3 is 2.94 bits per heavy atom. The summed E-state index contributed by atoms with van der Waals surface area (Å²) in [6.45, 7) is 8.87. The van der Waals surface area contributed by atoms with Crippen LogP contribution in [0.4, 0.5) is 5.69 Å². The fourth-order valence-corrected chi connectivity index (χ4v) is 5.95. The third-order valence-corrected chi connectivity index (χ3v) is 7.39. The number of nitriles is 1. The second-order valence-electron chi connectivity index (χ2n) is 9.08. The Labute approximate surface area is 182 Å². The zero-order chi connectivity index (χ0) is 21.7. The molecule has 0 aromatic heterocycles. The minimum absolute atomic E-state index is 0.0794. The zero-order valence-corrected chi connectivity index (χ0v) is 17.4. The summed E-state index contributed by atoms with van der Waals surface area (Å²) in [5, 5.41) is 9.24.